The van der Waals surface area contributed by atoms with E-state index in [9.17, 15) is 4.79 Å². The van der Waals surface area contributed by atoms with Crippen LogP contribution >= 0.6 is 0 Å². The Morgan fingerprint density at radius 3 is 2.72 bits per heavy atom. The van der Waals surface area contributed by atoms with E-state index in [0.29, 0.717) is 17.4 Å². The van der Waals surface area contributed by atoms with Gasteiger partial charge in [-0.1, -0.05) is 32.1 Å². The van der Waals surface area contributed by atoms with Crippen LogP contribution in [0.4, 0.5) is 0 Å². The number of rotatable bonds is 5. The van der Waals surface area contributed by atoms with Crippen LogP contribution in [0.5, 0.6) is 0 Å². The molecule has 1 aliphatic rings. The van der Waals surface area contributed by atoms with Gasteiger partial charge in [0.2, 0.25) is 5.91 Å². The van der Waals surface area contributed by atoms with Gasteiger partial charge < -0.3 is 5.73 Å². The minimum Gasteiger partial charge on any atom is -0.366 e. The topological polar surface area (TPSA) is 73.3 Å². The number of allylic oxidation sites excluding steroid dienone is 2. The third-order valence-electron chi connectivity index (χ3n) is 6.15. The molecular weight excluding hydrogens is 396 g/mol. The summed E-state index contributed by atoms with van der Waals surface area (Å²) in [7, 11) is 0. The van der Waals surface area contributed by atoms with Crippen molar-refractivity contribution >= 4 is 17.1 Å². The second kappa shape index (κ2) is 7.75. The third kappa shape index (κ3) is 3.94. The van der Waals surface area contributed by atoms with Gasteiger partial charge in [0.1, 0.15) is 5.65 Å². The Morgan fingerprint density at radius 2 is 1.94 bits per heavy atom. The van der Waals surface area contributed by atoms with Gasteiger partial charge in [-0.3, -0.25) is 14.2 Å². The Labute approximate surface area is 187 Å². The lowest BCUT2D eigenvalue weighted by molar-refractivity contribution is 0.1000. The number of hydrogen-bond acceptors (Lipinski definition) is 3. The van der Waals surface area contributed by atoms with E-state index in [1.807, 2.05) is 36.7 Å². The highest BCUT2D eigenvalue weighted by atomic mass is 16.1. The molecule has 32 heavy (non-hydrogen) atoms. The molecule has 1 amide bonds. The average Bonchev–Trinajstić information content (AvgIpc) is 3.36. The number of aromatic nitrogens is 3. The zero-order chi connectivity index (χ0) is 22.3. The SMILES string of the molecule is CC1(C)CC=C(c2cc(-c3cnc4cc(Cc5cccc(C(N)=O)c5)ccn34)ccn2)C1. The standard InChI is InChI=1S/C27H26N4O/c1-27(2)9-6-22(16-27)23-15-20(7-10-29-23)24-17-30-25-14-19(8-11-31(24)25)12-18-4-3-5-21(13-18)26(28)32/h3-8,10-11,13-15,17H,9,12,16H2,1-2H3,(H2,28,32). The van der Waals surface area contributed by atoms with E-state index in [-0.39, 0.29) is 0 Å². The van der Waals surface area contributed by atoms with Crippen LogP contribution in [0, 0.1) is 5.41 Å². The van der Waals surface area contributed by atoms with Gasteiger partial charge in [0, 0.05) is 23.5 Å². The number of primary amides is 1. The summed E-state index contributed by atoms with van der Waals surface area (Å²) in [6, 6.07) is 15.8. The fourth-order valence-corrected chi connectivity index (χ4v) is 4.44. The van der Waals surface area contributed by atoms with E-state index in [2.05, 4.69) is 58.7 Å². The first-order valence-electron chi connectivity index (χ1n) is 10.9. The van der Waals surface area contributed by atoms with Crippen LogP contribution in [0.2, 0.25) is 0 Å². The van der Waals surface area contributed by atoms with Crippen molar-refractivity contribution in [2.24, 2.45) is 11.1 Å². The lowest BCUT2D eigenvalue weighted by Crippen LogP contribution is -2.11. The van der Waals surface area contributed by atoms with E-state index in [0.717, 1.165) is 46.6 Å². The summed E-state index contributed by atoms with van der Waals surface area (Å²) in [6.07, 6.45) is 11.0. The molecule has 5 heteroatoms. The second-order valence-electron chi connectivity index (χ2n) is 9.35. The molecule has 4 aromatic rings. The minimum absolute atomic E-state index is 0.309. The third-order valence-corrected chi connectivity index (χ3v) is 6.15. The molecule has 3 heterocycles. The largest absolute Gasteiger partial charge is 0.366 e. The molecule has 0 bridgehead atoms. The lowest BCUT2D eigenvalue weighted by Gasteiger charge is -2.16. The van der Waals surface area contributed by atoms with Gasteiger partial charge in [-0.05, 0) is 77.8 Å². The van der Waals surface area contributed by atoms with Crippen LogP contribution in [0.3, 0.4) is 0 Å². The van der Waals surface area contributed by atoms with Crippen molar-refractivity contribution in [1.29, 1.82) is 0 Å². The second-order valence-corrected chi connectivity index (χ2v) is 9.35. The number of fused-ring (bicyclic) bond motifs is 1. The fraction of sp³-hybridized carbons (Fsp3) is 0.222. The van der Waals surface area contributed by atoms with Gasteiger partial charge in [0.25, 0.3) is 0 Å². The van der Waals surface area contributed by atoms with Gasteiger partial charge in [-0.25, -0.2) is 4.98 Å². The first kappa shape index (κ1) is 20.2. The normalized spacial score (nSPS) is 15.1. The van der Waals surface area contributed by atoms with E-state index in [1.54, 1.807) is 6.07 Å². The molecule has 160 valence electrons. The molecule has 0 unspecified atom stereocenters. The van der Waals surface area contributed by atoms with Crippen LogP contribution in [0.1, 0.15) is 53.9 Å². The molecule has 0 saturated carbocycles. The Balaban J connectivity index is 1.43. The summed E-state index contributed by atoms with van der Waals surface area (Å²) in [5.41, 5.74) is 13.8. The summed E-state index contributed by atoms with van der Waals surface area (Å²) in [4.78, 5) is 20.7. The molecule has 0 radical (unpaired) electrons. The van der Waals surface area contributed by atoms with E-state index in [4.69, 9.17) is 5.73 Å². The molecule has 5 rings (SSSR count). The van der Waals surface area contributed by atoms with Crippen molar-refractivity contribution in [1.82, 2.24) is 14.4 Å². The number of imidazole rings is 1. The minimum atomic E-state index is -0.408. The Bertz CT molecular complexity index is 1360. The maximum atomic E-state index is 11.5. The summed E-state index contributed by atoms with van der Waals surface area (Å²) in [5.74, 6) is -0.408. The summed E-state index contributed by atoms with van der Waals surface area (Å²) < 4.78 is 2.11. The zero-order valence-electron chi connectivity index (χ0n) is 18.4. The lowest BCUT2D eigenvalue weighted by atomic mass is 9.89. The van der Waals surface area contributed by atoms with Crippen molar-refractivity contribution in [3.63, 3.8) is 0 Å². The highest BCUT2D eigenvalue weighted by Gasteiger charge is 2.25. The number of pyridine rings is 2. The molecule has 0 aliphatic heterocycles. The van der Waals surface area contributed by atoms with Gasteiger partial charge in [-0.15, -0.1) is 0 Å². The molecule has 1 aromatic carbocycles. The number of hydrogen-bond donors (Lipinski definition) is 1. The number of carbonyl (C=O) groups excluding carboxylic acids is 1. The Kier molecular flexibility index (Phi) is 4.89. The summed E-state index contributed by atoms with van der Waals surface area (Å²) in [5, 5.41) is 0. The molecule has 0 atom stereocenters. The van der Waals surface area contributed by atoms with Crippen molar-refractivity contribution < 1.29 is 4.79 Å². The number of carbonyl (C=O) groups is 1. The van der Waals surface area contributed by atoms with Crippen LogP contribution in [-0.2, 0) is 6.42 Å². The molecular formula is C27H26N4O. The molecule has 0 saturated heterocycles. The van der Waals surface area contributed by atoms with Crippen LogP contribution in [0.25, 0.3) is 22.5 Å². The fourth-order valence-electron chi connectivity index (χ4n) is 4.44. The Hall–Kier alpha value is -3.73. The van der Waals surface area contributed by atoms with Gasteiger partial charge in [0.15, 0.2) is 0 Å². The number of amides is 1. The van der Waals surface area contributed by atoms with Crippen molar-refractivity contribution in [3.05, 3.63) is 95.6 Å². The number of nitrogens with two attached hydrogens (primary N) is 1. The van der Waals surface area contributed by atoms with Gasteiger partial charge in [-0.2, -0.15) is 0 Å². The summed E-state index contributed by atoms with van der Waals surface area (Å²) >= 11 is 0. The molecule has 5 nitrogen and oxygen atoms in total. The highest BCUT2D eigenvalue weighted by Crippen LogP contribution is 2.40. The monoisotopic (exact) mass is 422 g/mol. The predicted molar refractivity (Wildman–Crippen MR) is 127 cm³/mol. The number of nitrogens with zero attached hydrogens (tertiary/aromatic N) is 3. The van der Waals surface area contributed by atoms with Gasteiger partial charge in [0.05, 0.1) is 17.6 Å². The van der Waals surface area contributed by atoms with E-state index < -0.39 is 5.91 Å². The van der Waals surface area contributed by atoms with Crippen molar-refractivity contribution in [2.75, 3.05) is 0 Å². The molecule has 0 fully saturated rings. The summed E-state index contributed by atoms with van der Waals surface area (Å²) in [6.45, 7) is 4.60. The van der Waals surface area contributed by atoms with Gasteiger partial charge >= 0.3 is 0 Å². The molecule has 3 aromatic heterocycles. The predicted octanol–water partition coefficient (Wildman–Crippen LogP) is 5.29. The molecule has 1 aliphatic carbocycles. The quantitative estimate of drug-likeness (QED) is 0.475. The number of benzene rings is 1. The zero-order valence-corrected chi connectivity index (χ0v) is 18.4. The smallest absolute Gasteiger partial charge is 0.248 e. The van der Waals surface area contributed by atoms with E-state index >= 15 is 0 Å². The van der Waals surface area contributed by atoms with Crippen LogP contribution in [0.15, 0.2) is 73.2 Å². The highest BCUT2D eigenvalue weighted by molar-refractivity contribution is 5.92. The molecule has 0 spiro atoms. The Morgan fingerprint density at radius 1 is 1.09 bits per heavy atom. The maximum absolute atomic E-state index is 11.5. The maximum Gasteiger partial charge on any atom is 0.248 e. The molecule has 2 N–H and O–H groups in total. The van der Waals surface area contributed by atoms with Crippen LogP contribution < -0.4 is 5.73 Å². The van der Waals surface area contributed by atoms with Crippen molar-refractivity contribution in [2.45, 2.75) is 33.1 Å². The van der Waals surface area contributed by atoms with Crippen LogP contribution in [-0.4, -0.2) is 20.3 Å². The van der Waals surface area contributed by atoms with E-state index in [1.165, 1.54) is 5.57 Å². The van der Waals surface area contributed by atoms with Crippen molar-refractivity contribution in [3.8, 4) is 11.3 Å². The average molecular weight is 423 g/mol. The first-order chi connectivity index (χ1) is 15.4. The first-order valence-corrected chi connectivity index (χ1v) is 10.9.